The summed E-state index contributed by atoms with van der Waals surface area (Å²) in [7, 11) is 0. The number of rotatable bonds is 11. The van der Waals surface area contributed by atoms with E-state index in [-0.39, 0.29) is 12.3 Å². The standard InChI is InChI=1S/C23H30N6O6/c1-12(27-21(32)16-7-4-8-25-16)20(31)28-17(10-19(24)30)22(33)29-18(23(34)35)9-13-11-26-15-6-3-2-5-14(13)15/h2-3,5-6,11-12,16-18,25-26H,4,7-10H2,1H3,(H2,24,30)(H,27,32)(H,28,31)(H,29,33)(H,34,35). The summed E-state index contributed by atoms with van der Waals surface area (Å²) in [6, 6.07) is 3.21. The molecule has 1 fully saturated rings. The van der Waals surface area contributed by atoms with E-state index >= 15 is 0 Å². The van der Waals surface area contributed by atoms with E-state index in [1.165, 1.54) is 6.92 Å². The van der Waals surface area contributed by atoms with Crippen molar-refractivity contribution >= 4 is 40.5 Å². The summed E-state index contributed by atoms with van der Waals surface area (Å²) in [6.07, 6.45) is 2.60. The molecule has 1 aliphatic heterocycles. The number of aliphatic carboxylic acids is 1. The van der Waals surface area contributed by atoms with Crippen molar-refractivity contribution in [2.45, 2.75) is 56.8 Å². The Kier molecular flexibility index (Phi) is 8.42. The maximum absolute atomic E-state index is 12.9. The summed E-state index contributed by atoms with van der Waals surface area (Å²) in [4.78, 5) is 64.2. The quantitative estimate of drug-likeness (QED) is 0.209. The number of carbonyl (C=O) groups is 5. The van der Waals surface area contributed by atoms with E-state index in [1.807, 2.05) is 24.3 Å². The second kappa shape index (κ2) is 11.5. The third-order valence-corrected chi connectivity index (χ3v) is 5.88. The molecule has 0 aliphatic carbocycles. The smallest absolute Gasteiger partial charge is 0.326 e. The van der Waals surface area contributed by atoms with Gasteiger partial charge in [-0.25, -0.2) is 4.79 Å². The number of amides is 4. The monoisotopic (exact) mass is 486 g/mol. The molecule has 8 N–H and O–H groups in total. The minimum absolute atomic E-state index is 0.0246. The molecule has 1 saturated heterocycles. The molecular formula is C23H30N6O6. The summed E-state index contributed by atoms with van der Waals surface area (Å²) < 4.78 is 0. The molecule has 1 aromatic heterocycles. The number of nitrogens with one attached hydrogen (secondary N) is 5. The van der Waals surface area contributed by atoms with E-state index in [1.54, 1.807) is 6.20 Å². The van der Waals surface area contributed by atoms with Crippen LogP contribution in [0.2, 0.25) is 0 Å². The second-order valence-corrected chi connectivity index (χ2v) is 8.57. The van der Waals surface area contributed by atoms with Gasteiger partial charge in [-0.2, -0.15) is 0 Å². The van der Waals surface area contributed by atoms with Crippen molar-refractivity contribution in [1.82, 2.24) is 26.3 Å². The molecule has 0 bridgehead atoms. The average Bonchev–Trinajstić information content (AvgIpc) is 3.48. The molecule has 1 aliphatic rings. The third kappa shape index (κ3) is 6.79. The number of carbonyl (C=O) groups excluding carboxylic acids is 4. The van der Waals surface area contributed by atoms with Gasteiger partial charge in [0.1, 0.15) is 18.1 Å². The van der Waals surface area contributed by atoms with Gasteiger partial charge in [-0.05, 0) is 37.9 Å². The summed E-state index contributed by atoms with van der Waals surface area (Å²) in [6.45, 7) is 2.15. The molecule has 0 saturated carbocycles. The molecule has 188 valence electrons. The van der Waals surface area contributed by atoms with Gasteiger partial charge in [0.15, 0.2) is 0 Å². The number of hydrogen-bond acceptors (Lipinski definition) is 6. The highest BCUT2D eigenvalue weighted by Gasteiger charge is 2.31. The maximum Gasteiger partial charge on any atom is 0.326 e. The average molecular weight is 487 g/mol. The first-order chi connectivity index (χ1) is 16.7. The molecular weight excluding hydrogens is 456 g/mol. The molecule has 3 rings (SSSR count). The number of H-pyrrole nitrogens is 1. The van der Waals surface area contributed by atoms with Crippen LogP contribution >= 0.6 is 0 Å². The van der Waals surface area contributed by atoms with Crippen LogP contribution in [-0.4, -0.2) is 70.4 Å². The number of aromatic nitrogens is 1. The van der Waals surface area contributed by atoms with Gasteiger partial charge in [0, 0.05) is 23.5 Å². The summed E-state index contributed by atoms with van der Waals surface area (Å²) in [5.41, 5.74) is 6.74. The van der Waals surface area contributed by atoms with Crippen molar-refractivity contribution in [3.05, 3.63) is 36.0 Å². The predicted octanol–water partition coefficient (Wildman–Crippen LogP) is -1.10. The number of primary amides is 1. The molecule has 2 aromatic rings. The van der Waals surface area contributed by atoms with Crippen molar-refractivity contribution in [3.8, 4) is 0 Å². The first-order valence-corrected chi connectivity index (χ1v) is 11.4. The third-order valence-electron chi connectivity index (χ3n) is 5.88. The summed E-state index contributed by atoms with van der Waals surface area (Å²) in [5, 5.41) is 20.8. The SMILES string of the molecule is CC(NC(=O)C1CCCN1)C(=O)NC(CC(N)=O)C(=O)NC(Cc1c[nH]c2ccccc12)C(=O)O. The number of carboxylic acids is 1. The van der Waals surface area contributed by atoms with Crippen molar-refractivity contribution < 1.29 is 29.1 Å². The van der Waals surface area contributed by atoms with E-state index in [4.69, 9.17) is 5.73 Å². The zero-order valence-corrected chi connectivity index (χ0v) is 19.3. The fourth-order valence-corrected chi connectivity index (χ4v) is 3.99. The van der Waals surface area contributed by atoms with Crippen LogP contribution in [-0.2, 0) is 30.4 Å². The molecule has 4 unspecified atom stereocenters. The lowest BCUT2D eigenvalue weighted by Crippen LogP contribution is -2.57. The maximum atomic E-state index is 12.9. The summed E-state index contributed by atoms with van der Waals surface area (Å²) >= 11 is 0. The van der Waals surface area contributed by atoms with Gasteiger partial charge in [-0.1, -0.05) is 18.2 Å². The Balaban J connectivity index is 1.65. The van der Waals surface area contributed by atoms with Gasteiger partial charge in [0.2, 0.25) is 23.6 Å². The zero-order valence-electron chi connectivity index (χ0n) is 19.3. The van der Waals surface area contributed by atoms with E-state index in [2.05, 4.69) is 26.3 Å². The molecule has 4 atom stereocenters. The highest BCUT2D eigenvalue weighted by atomic mass is 16.4. The normalized spacial score (nSPS) is 17.8. The lowest BCUT2D eigenvalue weighted by atomic mass is 10.0. The van der Waals surface area contributed by atoms with Crippen molar-refractivity contribution in [3.63, 3.8) is 0 Å². The molecule has 12 heteroatoms. The first-order valence-electron chi connectivity index (χ1n) is 11.4. The lowest BCUT2D eigenvalue weighted by molar-refractivity contribution is -0.142. The minimum atomic E-state index is -1.41. The van der Waals surface area contributed by atoms with Crippen LogP contribution in [0.25, 0.3) is 10.9 Å². The van der Waals surface area contributed by atoms with Crippen LogP contribution in [0.4, 0.5) is 0 Å². The first kappa shape index (κ1) is 25.7. The van der Waals surface area contributed by atoms with E-state index < -0.39 is 54.3 Å². The van der Waals surface area contributed by atoms with Crippen LogP contribution in [0.15, 0.2) is 30.5 Å². The zero-order chi connectivity index (χ0) is 25.5. The molecule has 1 aromatic carbocycles. The Labute approximate surface area is 201 Å². The fraction of sp³-hybridized carbons (Fsp3) is 0.435. The number of carboxylic acid groups (broad SMARTS) is 1. The van der Waals surface area contributed by atoms with Gasteiger partial charge in [-0.3, -0.25) is 19.2 Å². The van der Waals surface area contributed by atoms with Crippen molar-refractivity contribution in [2.24, 2.45) is 5.73 Å². The van der Waals surface area contributed by atoms with Crippen molar-refractivity contribution in [2.75, 3.05) is 6.54 Å². The minimum Gasteiger partial charge on any atom is -0.480 e. The van der Waals surface area contributed by atoms with E-state index in [0.717, 1.165) is 17.3 Å². The number of hydrogen-bond donors (Lipinski definition) is 7. The van der Waals surface area contributed by atoms with Crippen molar-refractivity contribution in [1.29, 1.82) is 0 Å². The Morgan fingerprint density at radius 3 is 2.46 bits per heavy atom. The number of fused-ring (bicyclic) bond motifs is 1. The largest absolute Gasteiger partial charge is 0.480 e. The Morgan fingerprint density at radius 2 is 1.80 bits per heavy atom. The molecule has 4 amide bonds. The highest BCUT2D eigenvalue weighted by molar-refractivity contribution is 5.96. The van der Waals surface area contributed by atoms with Crippen LogP contribution in [0, 0.1) is 0 Å². The molecule has 12 nitrogen and oxygen atoms in total. The van der Waals surface area contributed by atoms with Gasteiger partial charge < -0.3 is 37.1 Å². The fourth-order valence-electron chi connectivity index (χ4n) is 3.99. The Morgan fingerprint density at radius 1 is 1.09 bits per heavy atom. The predicted molar refractivity (Wildman–Crippen MR) is 126 cm³/mol. The number of nitrogens with two attached hydrogens (primary N) is 1. The van der Waals surface area contributed by atoms with Gasteiger partial charge in [0.05, 0.1) is 12.5 Å². The van der Waals surface area contributed by atoms with Gasteiger partial charge >= 0.3 is 5.97 Å². The van der Waals surface area contributed by atoms with Crippen LogP contribution in [0.1, 0.15) is 31.7 Å². The second-order valence-electron chi connectivity index (χ2n) is 8.57. The summed E-state index contributed by atoms with van der Waals surface area (Å²) in [5.74, 6) is -4.06. The van der Waals surface area contributed by atoms with Crippen LogP contribution < -0.4 is 27.0 Å². The van der Waals surface area contributed by atoms with E-state index in [9.17, 15) is 29.1 Å². The Hall–Kier alpha value is -3.93. The molecule has 0 spiro atoms. The number of para-hydroxylation sites is 1. The molecule has 0 radical (unpaired) electrons. The topological polar surface area (TPSA) is 196 Å². The van der Waals surface area contributed by atoms with E-state index in [0.29, 0.717) is 18.5 Å². The Bertz CT molecular complexity index is 1110. The van der Waals surface area contributed by atoms with Crippen LogP contribution in [0.5, 0.6) is 0 Å². The van der Waals surface area contributed by atoms with Gasteiger partial charge in [-0.15, -0.1) is 0 Å². The molecule has 2 heterocycles. The lowest BCUT2D eigenvalue weighted by Gasteiger charge is -2.23. The highest BCUT2D eigenvalue weighted by Crippen LogP contribution is 2.19. The number of aromatic amines is 1. The van der Waals surface area contributed by atoms with Crippen LogP contribution in [0.3, 0.4) is 0 Å². The van der Waals surface area contributed by atoms with Gasteiger partial charge in [0.25, 0.3) is 0 Å². The number of benzene rings is 1. The molecule has 35 heavy (non-hydrogen) atoms.